The molecule has 0 aliphatic heterocycles. The molecule has 0 aromatic carbocycles. The van der Waals surface area contributed by atoms with Crippen LogP contribution in [0.1, 0.15) is 35.8 Å². The van der Waals surface area contributed by atoms with Gasteiger partial charge in [0.25, 0.3) is 0 Å². The van der Waals surface area contributed by atoms with E-state index in [1.807, 2.05) is 6.92 Å². The fourth-order valence-corrected chi connectivity index (χ4v) is 2.47. The highest BCUT2D eigenvalue weighted by Crippen LogP contribution is 2.36. The number of methoxy groups -OCH3 is 1. The zero-order valence-electron chi connectivity index (χ0n) is 12.3. The number of nitrogens with zero attached hydrogens (tertiary/aromatic N) is 2. The summed E-state index contributed by atoms with van der Waals surface area (Å²) in [7, 11) is 1.67. The molecule has 0 bridgehead atoms. The van der Waals surface area contributed by atoms with Crippen molar-refractivity contribution in [3.63, 3.8) is 0 Å². The van der Waals surface area contributed by atoms with Crippen LogP contribution in [-0.2, 0) is 4.74 Å². The molecule has 20 heavy (non-hydrogen) atoms. The molecule has 1 heterocycles. The van der Waals surface area contributed by atoms with Crippen LogP contribution in [0.5, 0.6) is 0 Å². The number of aromatic nitrogens is 1. The molecule has 1 N–H and O–H groups in total. The lowest BCUT2D eigenvalue weighted by molar-refractivity contribution is 0.0696. The van der Waals surface area contributed by atoms with Crippen molar-refractivity contribution in [1.82, 2.24) is 4.98 Å². The van der Waals surface area contributed by atoms with Gasteiger partial charge in [0, 0.05) is 25.4 Å². The Labute approximate surface area is 119 Å². The highest BCUT2D eigenvalue weighted by atomic mass is 16.5. The second kappa shape index (κ2) is 6.22. The number of ether oxygens (including phenoxy) is 1. The highest BCUT2D eigenvalue weighted by molar-refractivity contribution is 5.88. The molecule has 5 nitrogen and oxygen atoms in total. The molecule has 1 saturated carbocycles. The molecule has 5 heteroatoms. The van der Waals surface area contributed by atoms with Crippen LogP contribution in [0.3, 0.4) is 0 Å². The zero-order chi connectivity index (χ0) is 14.7. The van der Waals surface area contributed by atoms with E-state index in [1.165, 1.54) is 12.8 Å². The van der Waals surface area contributed by atoms with Crippen LogP contribution < -0.4 is 4.90 Å². The van der Waals surface area contributed by atoms with Gasteiger partial charge in [-0.2, -0.15) is 0 Å². The predicted octanol–water partition coefficient (Wildman–Crippen LogP) is 2.34. The van der Waals surface area contributed by atoms with E-state index in [1.54, 1.807) is 19.2 Å². The van der Waals surface area contributed by atoms with Crippen LogP contribution in [0.4, 0.5) is 5.82 Å². The van der Waals surface area contributed by atoms with E-state index in [0.29, 0.717) is 18.6 Å². The number of aromatic carboxylic acids is 1. The van der Waals surface area contributed by atoms with Gasteiger partial charge in [-0.25, -0.2) is 9.78 Å². The van der Waals surface area contributed by atoms with Crippen LogP contribution in [-0.4, -0.2) is 42.4 Å². The molecule has 1 aromatic heterocycles. The SMILES string of the molecule is COCCN(c1cc(C(=O)O)cc(C)n1)C(C)C1CC1. The average Bonchev–Trinajstić information content (AvgIpc) is 3.22. The standard InChI is InChI=1S/C15H22N2O3/c1-10-8-13(15(18)19)9-14(16-10)17(6-7-20-3)11(2)12-4-5-12/h8-9,11-12H,4-7H2,1-3H3,(H,18,19). The normalized spacial score (nSPS) is 15.9. The summed E-state index contributed by atoms with van der Waals surface area (Å²) in [6, 6.07) is 3.62. The number of aryl methyl sites for hydroxylation is 1. The summed E-state index contributed by atoms with van der Waals surface area (Å²) in [5.41, 5.74) is 1.02. The number of carbonyl (C=O) groups is 1. The number of hydrogen-bond donors (Lipinski definition) is 1. The molecule has 1 fully saturated rings. The van der Waals surface area contributed by atoms with Crippen molar-refractivity contribution in [3.8, 4) is 0 Å². The number of rotatable bonds is 7. The first-order chi connectivity index (χ1) is 9.52. The van der Waals surface area contributed by atoms with Crippen molar-refractivity contribution in [2.45, 2.75) is 32.7 Å². The van der Waals surface area contributed by atoms with Crippen molar-refractivity contribution in [1.29, 1.82) is 0 Å². The number of pyridine rings is 1. The van der Waals surface area contributed by atoms with Crippen LogP contribution in [0.15, 0.2) is 12.1 Å². The van der Waals surface area contributed by atoms with Crippen LogP contribution in [0, 0.1) is 12.8 Å². The molecule has 1 atom stereocenters. The van der Waals surface area contributed by atoms with E-state index in [0.717, 1.165) is 18.1 Å². The number of carboxylic acids is 1. The highest BCUT2D eigenvalue weighted by Gasteiger charge is 2.32. The Morgan fingerprint density at radius 2 is 2.25 bits per heavy atom. The minimum absolute atomic E-state index is 0.290. The number of hydrogen-bond acceptors (Lipinski definition) is 4. The third kappa shape index (κ3) is 3.48. The lowest BCUT2D eigenvalue weighted by Gasteiger charge is -2.30. The predicted molar refractivity (Wildman–Crippen MR) is 77.3 cm³/mol. The maximum atomic E-state index is 11.2. The van der Waals surface area contributed by atoms with Gasteiger partial charge in [0.1, 0.15) is 5.82 Å². The zero-order valence-corrected chi connectivity index (χ0v) is 12.3. The van der Waals surface area contributed by atoms with E-state index < -0.39 is 5.97 Å². The van der Waals surface area contributed by atoms with Gasteiger partial charge >= 0.3 is 5.97 Å². The minimum atomic E-state index is -0.914. The van der Waals surface area contributed by atoms with Crippen LogP contribution in [0.25, 0.3) is 0 Å². The Morgan fingerprint density at radius 3 is 2.80 bits per heavy atom. The second-order valence-electron chi connectivity index (χ2n) is 5.42. The van der Waals surface area contributed by atoms with Gasteiger partial charge < -0.3 is 14.7 Å². The van der Waals surface area contributed by atoms with Crippen LogP contribution in [0.2, 0.25) is 0 Å². The van der Waals surface area contributed by atoms with Gasteiger partial charge in [0.2, 0.25) is 0 Å². The average molecular weight is 278 g/mol. The van der Waals surface area contributed by atoms with Crippen molar-refractivity contribution in [2.75, 3.05) is 25.2 Å². The largest absolute Gasteiger partial charge is 0.478 e. The maximum absolute atomic E-state index is 11.2. The molecular formula is C15H22N2O3. The first-order valence-electron chi connectivity index (χ1n) is 7.00. The van der Waals surface area contributed by atoms with E-state index in [4.69, 9.17) is 4.74 Å². The van der Waals surface area contributed by atoms with Crippen molar-refractivity contribution in [3.05, 3.63) is 23.4 Å². The number of carboxylic acid groups (broad SMARTS) is 1. The van der Waals surface area contributed by atoms with Gasteiger partial charge in [-0.3, -0.25) is 0 Å². The summed E-state index contributed by atoms with van der Waals surface area (Å²) >= 11 is 0. The maximum Gasteiger partial charge on any atom is 0.335 e. The Kier molecular flexibility index (Phi) is 4.60. The second-order valence-corrected chi connectivity index (χ2v) is 5.42. The fraction of sp³-hybridized carbons (Fsp3) is 0.600. The fourth-order valence-electron chi connectivity index (χ4n) is 2.47. The van der Waals surface area contributed by atoms with Crippen molar-refractivity contribution < 1.29 is 14.6 Å². The summed E-state index contributed by atoms with van der Waals surface area (Å²) in [5, 5.41) is 9.18. The third-order valence-electron chi connectivity index (χ3n) is 3.81. The van der Waals surface area contributed by atoms with E-state index in [-0.39, 0.29) is 5.56 Å². The van der Waals surface area contributed by atoms with Gasteiger partial charge in [0.15, 0.2) is 0 Å². The summed E-state index contributed by atoms with van der Waals surface area (Å²) in [4.78, 5) is 17.9. The molecular weight excluding hydrogens is 256 g/mol. The van der Waals surface area contributed by atoms with E-state index in [9.17, 15) is 9.90 Å². The summed E-state index contributed by atoms with van der Waals surface area (Å²) in [5.74, 6) is 0.504. The first kappa shape index (κ1) is 14.8. The molecule has 1 aliphatic carbocycles. The lowest BCUT2D eigenvalue weighted by atomic mass is 10.1. The van der Waals surface area contributed by atoms with E-state index in [2.05, 4.69) is 16.8 Å². The molecule has 0 radical (unpaired) electrons. The van der Waals surface area contributed by atoms with Crippen molar-refractivity contribution >= 4 is 11.8 Å². The molecule has 0 amide bonds. The van der Waals surface area contributed by atoms with Gasteiger partial charge in [-0.05, 0) is 44.7 Å². The smallest absolute Gasteiger partial charge is 0.335 e. The summed E-state index contributed by atoms with van der Waals surface area (Å²) < 4.78 is 5.17. The van der Waals surface area contributed by atoms with Gasteiger partial charge in [0.05, 0.1) is 12.2 Å². The third-order valence-corrected chi connectivity index (χ3v) is 3.81. The molecule has 110 valence electrons. The quantitative estimate of drug-likeness (QED) is 0.829. The minimum Gasteiger partial charge on any atom is -0.478 e. The monoisotopic (exact) mass is 278 g/mol. The Morgan fingerprint density at radius 1 is 1.55 bits per heavy atom. The van der Waals surface area contributed by atoms with E-state index >= 15 is 0 Å². The molecule has 1 aliphatic rings. The molecule has 0 spiro atoms. The van der Waals surface area contributed by atoms with Crippen LogP contribution >= 0.6 is 0 Å². The molecule has 2 rings (SSSR count). The Hall–Kier alpha value is -1.62. The van der Waals surface area contributed by atoms with Gasteiger partial charge in [-0.15, -0.1) is 0 Å². The Balaban J connectivity index is 2.28. The first-order valence-corrected chi connectivity index (χ1v) is 7.00. The summed E-state index contributed by atoms with van der Waals surface area (Å²) in [6.07, 6.45) is 2.48. The Bertz CT molecular complexity index is 486. The summed E-state index contributed by atoms with van der Waals surface area (Å²) in [6.45, 7) is 5.34. The topological polar surface area (TPSA) is 62.7 Å². The number of anilines is 1. The van der Waals surface area contributed by atoms with Crippen molar-refractivity contribution in [2.24, 2.45) is 5.92 Å². The van der Waals surface area contributed by atoms with Gasteiger partial charge in [-0.1, -0.05) is 0 Å². The molecule has 1 aromatic rings. The molecule has 1 unspecified atom stereocenters. The lowest BCUT2D eigenvalue weighted by Crippen LogP contribution is -2.38. The molecule has 0 saturated heterocycles.